The molecule has 9 heteroatoms. The number of pyridine rings is 1. The van der Waals surface area contributed by atoms with Crippen molar-refractivity contribution in [2.75, 3.05) is 63.5 Å². The fraction of sp³-hybridized carbons (Fsp3) is 0.500. The molecule has 1 aromatic heterocycles. The van der Waals surface area contributed by atoms with Crippen molar-refractivity contribution in [1.29, 1.82) is 0 Å². The van der Waals surface area contributed by atoms with Gasteiger partial charge in [-0.15, -0.1) is 0 Å². The Morgan fingerprint density at radius 2 is 1.84 bits per heavy atom. The number of nitrogens with one attached hydrogen (secondary N) is 2. The maximum Gasteiger partial charge on any atom is 0.274 e. The highest BCUT2D eigenvalue weighted by molar-refractivity contribution is 6.04. The quantitative estimate of drug-likeness (QED) is 0.281. The highest BCUT2D eigenvalue weighted by Gasteiger charge is 2.16. The van der Waals surface area contributed by atoms with Gasteiger partial charge in [-0.25, -0.2) is 5.01 Å². The molecule has 0 bridgehead atoms. The molecule has 2 aromatic rings. The molecule has 2 fully saturated rings. The van der Waals surface area contributed by atoms with Gasteiger partial charge in [-0.3, -0.25) is 14.7 Å². The molecule has 0 radical (unpaired) electrons. The fourth-order valence-corrected chi connectivity index (χ4v) is 4.70. The number of rotatable bonds is 13. The third-order valence-electron chi connectivity index (χ3n) is 6.92. The molecule has 0 spiro atoms. The second-order valence-electron chi connectivity index (χ2n) is 9.78. The molecule has 9 nitrogen and oxygen atoms in total. The van der Waals surface area contributed by atoms with Gasteiger partial charge >= 0.3 is 0 Å². The number of aromatic nitrogens is 1. The molecular weight excluding hydrogens is 466 g/mol. The number of nitrogens with two attached hydrogens (primary N) is 1. The van der Waals surface area contributed by atoms with E-state index in [0.29, 0.717) is 23.6 Å². The second kappa shape index (κ2) is 14.0. The monoisotopic (exact) mass is 507 g/mol. The summed E-state index contributed by atoms with van der Waals surface area (Å²) in [6.45, 7) is 13.0. The van der Waals surface area contributed by atoms with Crippen LogP contribution in [-0.2, 0) is 11.3 Å². The van der Waals surface area contributed by atoms with Crippen LogP contribution in [0.3, 0.4) is 0 Å². The Bertz CT molecular complexity index is 1000. The highest BCUT2D eigenvalue weighted by atomic mass is 16.5. The van der Waals surface area contributed by atoms with E-state index < -0.39 is 0 Å². The van der Waals surface area contributed by atoms with E-state index in [1.54, 1.807) is 24.4 Å². The fourth-order valence-electron chi connectivity index (χ4n) is 4.70. The molecule has 200 valence electrons. The number of hydrogen-bond acceptors (Lipinski definition) is 8. The third-order valence-corrected chi connectivity index (χ3v) is 6.92. The summed E-state index contributed by atoms with van der Waals surface area (Å²) in [5.74, 6) is 0.637. The number of amides is 1. The third kappa shape index (κ3) is 8.45. The van der Waals surface area contributed by atoms with Gasteiger partial charge in [0.25, 0.3) is 5.91 Å². The molecular formula is C28H41N7O2. The van der Waals surface area contributed by atoms with Crippen molar-refractivity contribution < 1.29 is 9.53 Å². The summed E-state index contributed by atoms with van der Waals surface area (Å²) in [7, 11) is 0. The minimum atomic E-state index is -0.276. The number of nitrogens with zero attached hydrogens (tertiary/aromatic N) is 4. The number of hydrogen-bond donors (Lipinski definition) is 3. The van der Waals surface area contributed by atoms with Crippen molar-refractivity contribution >= 4 is 17.3 Å². The van der Waals surface area contributed by atoms with Gasteiger partial charge in [0.1, 0.15) is 11.5 Å². The largest absolute Gasteiger partial charge is 0.397 e. The number of carbonyl (C=O) groups is 1. The van der Waals surface area contributed by atoms with Gasteiger partial charge in [0, 0.05) is 45.5 Å². The van der Waals surface area contributed by atoms with Crippen molar-refractivity contribution in [2.24, 2.45) is 0 Å². The standard InChI is InChI=1S/C28H41N7O2/c1-23(32-35-15-7-8-16-35)34(14-6-2-5-13-33-17-19-37-20-18-33)22-24-11-12-27(30-21-24)28(36)31-26-10-4-3-9-25(26)29/h3-4,9-12,21,32H,1-2,5-8,13-20,22,29H2,(H,31,36). The summed E-state index contributed by atoms with van der Waals surface area (Å²) >= 11 is 0. The summed E-state index contributed by atoms with van der Waals surface area (Å²) in [5.41, 5.74) is 11.9. The molecule has 0 aliphatic carbocycles. The van der Waals surface area contributed by atoms with Crippen LogP contribution in [0.15, 0.2) is 55.0 Å². The smallest absolute Gasteiger partial charge is 0.274 e. The predicted molar refractivity (Wildman–Crippen MR) is 148 cm³/mol. The predicted octanol–water partition coefficient (Wildman–Crippen LogP) is 3.29. The molecule has 1 amide bonds. The van der Waals surface area contributed by atoms with Gasteiger partial charge in [-0.2, -0.15) is 0 Å². The summed E-state index contributed by atoms with van der Waals surface area (Å²) in [6, 6.07) is 10.9. The number of carbonyl (C=O) groups excluding carboxylic acids is 1. The van der Waals surface area contributed by atoms with E-state index in [1.165, 1.54) is 25.7 Å². The van der Waals surface area contributed by atoms with E-state index in [1.807, 2.05) is 18.2 Å². The first kappa shape index (κ1) is 26.9. The Kier molecular flexibility index (Phi) is 10.2. The first-order valence-electron chi connectivity index (χ1n) is 13.4. The second-order valence-corrected chi connectivity index (χ2v) is 9.78. The molecule has 37 heavy (non-hydrogen) atoms. The zero-order valence-corrected chi connectivity index (χ0v) is 21.8. The molecule has 4 rings (SSSR count). The Labute approximate surface area is 220 Å². The lowest BCUT2D eigenvalue weighted by atomic mass is 10.2. The van der Waals surface area contributed by atoms with Crippen LogP contribution < -0.4 is 16.5 Å². The number of morpholine rings is 1. The molecule has 1 aromatic carbocycles. The van der Waals surface area contributed by atoms with Crippen LogP contribution >= 0.6 is 0 Å². The lowest BCUT2D eigenvalue weighted by Gasteiger charge is -2.31. The van der Waals surface area contributed by atoms with E-state index in [9.17, 15) is 4.79 Å². The molecule has 0 saturated carbocycles. The molecule has 2 saturated heterocycles. The highest BCUT2D eigenvalue weighted by Crippen LogP contribution is 2.18. The summed E-state index contributed by atoms with van der Waals surface area (Å²) in [5, 5.41) is 5.08. The van der Waals surface area contributed by atoms with Crippen molar-refractivity contribution in [2.45, 2.75) is 38.6 Å². The SMILES string of the molecule is C=C(NN1CCCC1)N(CCCCCN1CCOCC1)Cc1ccc(C(=O)Nc2ccccc2N)nc1. The van der Waals surface area contributed by atoms with E-state index in [4.69, 9.17) is 10.5 Å². The molecule has 4 N–H and O–H groups in total. The average molecular weight is 508 g/mol. The maximum atomic E-state index is 12.6. The molecule has 3 heterocycles. The Balaban J connectivity index is 1.30. The van der Waals surface area contributed by atoms with E-state index in [-0.39, 0.29) is 5.91 Å². The summed E-state index contributed by atoms with van der Waals surface area (Å²) < 4.78 is 5.45. The number of unbranched alkanes of at least 4 members (excludes halogenated alkanes) is 2. The van der Waals surface area contributed by atoms with E-state index in [0.717, 1.165) is 70.3 Å². The number of hydrazine groups is 1. The summed E-state index contributed by atoms with van der Waals surface area (Å²) in [6.07, 6.45) is 7.66. The number of para-hydroxylation sites is 2. The number of ether oxygens (including phenoxy) is 1. The van der Waals surface area contributed by atoms with Crippen molar-refractivity contribution in [1.82, 2.24) is 25.2 Å². The lowest BCUT2D eigenvalue weighted by molar-refractivity contribution is 0.0370. The van der Waals surface area contributed by atoms with Crippen LogP contribution in [0.4, 0.5) is 11.4 Å². The van der Waals surface area contributed by atoms with Gasteiger partial charge in [-0.05, 0) is 56.0 Å². The molecule has 2 aliphatic heterocycles. The first-order chi connectivity index (χ1) is 18.1. The van der Waals surface area contributed by atoms with Crippen LogP contribution in [0.5, 0.6) is 0 Å². The van der Waals surface area contributed by atoms with Gasteiger partial charge in [0.05, 0.1) is 24.6 Å². The lowest BCUT2D eigenvalue weighted by Crippen LogP contribution is -2.41. The Hall–Kier alpha value is -3.14. The minimum Gasteiger partial charge on any atom is -0.397 e. The van der Waals surface area contributed by atoms with Crippen molar-refractivity contribution in [3.63, 3.8) is 0 Å². The number of nitrogen functional groups attached to an aromatic ring is 1. The van der Waals surface area contributed by atoms with Gasteiger partial charge in [0.15, 0.2) is 0 Å². The topological polar surface area (TPSA) is 99.0 Å². The van der Waals surface area contributed by atoms with E-state index >= 15 is 0 Å². The zero-order chi connectivity index (χ0) is 25.9. The van der Waals surface area contributed by atoms with Gasteiger partial charge in [0.2, 0.25) is 0 Å². The van der Waals surface area contributed by atoms with Gasteiger partial charge in [-0.1, -0.05) is 31.2 Å². The van der Waals surface area contributed by atoms with Crippen molar-refractivity contribution in [3.8, 4) is 0 Å². The molecule has 2 aliphatic rings. The normalized spacial score (nSPS) is 16.4. The van der Waals surface area contributed by atoms with Gasteiger partial charge < -0.3 is 26.1 Å². The average Bonchev–Trinajstić information content (AvgIpc) is 3.43. The van der Waals surface area contributed by atoms with E-state index in [2.05, 4.69) is 37.1 Å². The van der Waals surface area contributed by atoms with Crippen LogP contribution in [0, 0.1) is 0 Å². The van der Waals surface area contributed by atoms with Crippen LogP contribution in [0.1, 0.15) is 48.2 Å². The van der Waals surface area contributed by atoms with Crippen LogP contribution in [0.25, 0.3) is 0 Å². The molecule has 0 atom stereocenters. The van der Waals surface area contributed by atoms with Crippen LogP contribution in [0.2, 0.25) is 0 Å². The summed E-state index contributed by atoms with van der Waals surface area (Å²) in [4.78, 5) is 21.8. The number of anilines is 2. The maximum absolute atomic E-state index is 12.6. The first-order valence-corrected chi connectivity index (χ1v) is 13.4. The molecule has 0 unspecified atom stereocenters. The Morgan fingerprint density at radius 1 is 1.05 bits per heavy atom. The zero-order valence-electron chi connectivity index (χ0n) is 21.8. The van der Waals surface area contributed by atoms with Crippen molar-refractivity contribution in [3.05, 3.63) is 66.3 Å². The Morgan fingerprint density at radius 3 is 2.57 bits per heavy atom. The van der Waals surface area contributed by atoms with Crippen LogP contribution in [-0.4, -0.2) is 78.2 Å². The minimum absolute atomic E-state index is 0.276. The number of benzene rings is 1.